The number of nitrogens with zero attached hydrogens (tertiary/aromatic N) is 2. The first-order chi connectivity index (χ1) is 13.4. The van der Waals surface area contributed by atoms with Crippen LogP contribution in [0.15, 0.2) is 72.8 Å². The van der Waals surface area contributed by atoms with E-state index in [1.165, 1.54) is 0 Å². The zero-order valence-corrected chi connectivity index (χ0v) is 16.8. The summed E-state index contributed by atoms with van der Waals surface area (Å²) >= 11 is 0. The van der Waals surface area contributed by atoms with Crippen molar-refractivity contribution in [3.8, 4) is 0 Å². The molecule has 0 unspecified atom stereocenters. The number of carbonyl (C=O) groups is 1. The number of benzene rings is 3. The fourth-order valence-corrected chi connectivity index (χ4v) is 3.42. The summed E-state index contributed by atoms with van der Waals surface area (Å²) in [7, 11) is 8.02. The molecule has 0 spiro atoms. The number of rotatable bonds is 6. The van der Waals surface area contributed by atoms with E-state index in [0.717, 1.165) is 28.1 Å². The fraction of sp³-hybridized carbons (Fsp3) is 0.208. The standard InChI is InChI=1S/C24H26N2O2/c1-25(2)19-13-9-17(10-14-19)23(18-11-15-20(16-12-18)26(3)4)21-7-5-6-8-22(21)24(27)28/h5-16,23H,1-4H3,(H,27,28). The molecule has 0 saturated heterocycles. The monoisotopic (exact) mass is 374 g/mol. The van der Waals surface area contributed by atoms with Gasteiger partial charge >= 0.3 is 5.97 Å². The quantitative estimate of drug-likeness (QED) is 0.635. The zero-order valence-electron chi connectivity index (χ0n) is 16.8. The van der Waals surface area contributed by atoms with Crippen LogP contribution in [0.5, 0.6) is 0 Å². The van der Waals surface area contributed by atoms with E-state index in [4.69, 9.17) is 0 Å². The van der Waals surface area contributed by atoms with Gasteiger partial charge < -0.3 is 14.9 Å². The Hall–Kier alpha value is -3.27. The van der Waals surface area contributed by atoms with Crippen LogP contribution in [-0.2, 0) is 0 Å². The maximum Gasteiger partial charge on any atom is 0.335 e. The predicted molar refractivity (Wildman–Crippen MR) is 116 cm³/mol. The maximum atomic E-state index is 11.9. The minimum Gasteiger partial charge on any atom is -0.478 e. The molecule has 0 bridgehead atoms. The number of carboxylic acids is 1. The molecule has 4 heteroatoms. The Bertz CT molecular complexity index is 894. The molecule has 0 fully saturated rings. The third kappa shape index (κ3) is 4.01. The molecule has 0 heterocycles. The Morgan fingerprint density at radius 2 is 1.14 bits per heavy atom. The summed E-state index contributed by atoms with van der Waals surface area (Å²) in [6.45, 7) is 0. The Kier molecular flexibility index (Phi) is 5.69. The molecule has 0 saturated carbocycles. The highest BCUT2D eigenvalue weighted by Gasteiger charge is 2.22. The van der Waals surface area contributed by atoms with Gasteiger partial charge in [0.05, 0.1) is 5.56 Å². The summed E-state index contributed by atoms with van der Waals surface area (Å²) in [6, 6.07) is 23.9. The van der Waals surface area contributed by atoms with Crippen LogP contribution in [0.1, 0.15) is 33.0 Å². The Labute approximate surface area is 166 Å². The van der Waals surface area contributed by atoms with Crippen LogP contribution in [0, 0.1) is 0 Å². The van der Waals surface area contributed by atoms with E-state index in [0.29, 0.717) is 5.56 Å². The van der Waals surface area contributed by atoms with E-state index < -0.39 is 5.97 Å². The summed E-state index contributed by atoms with van der Waals surface area (Å²) in [5, 5.41) is 9.73. The van der Waals surface area contributed by atoms with Crippen LogP contribution < -0.4 is 9.80 Å². The van der Waals surface area contributed by atoms with Gasteiger partial charge in [-0.3, -0.25) is 0 Å². The van der Waals surface area contributed by atoms with Crippen molar-refractivity contribution < 1.29 is 9.90 Å². The van der Waals surface area contributed by atoms with Gasteiger partial charge in [-0.1, -0.05) is 42.5 Å². The van der Waals surface area contributed by atoms with Crippen LogP contribution in [0.2, 0.25) is 0 Å². The van der Waals surface area contributed by atoms with Gasteiger partial charge in [-0.2, -0.15) is 0 Å². The third-order valence-electron chi connectivity index (χ3n) is 4.99. The predicted octanol–water partition coefficient (Wildman–Crippen LogP) is 4.70. The molecule has 4 nitrogen and oxygen atoms in total. The maximum absolute atomic E-state index is 11.9. The van der Waals surface area contributed by atoms with Gasteiger partial charge in [0.25, 0.3) is 0 Å². The molecule has 0 atom stereocenters. The summed E-state index contributed by atoms with van der Waals surface area (Å²) in [5.74, 6) is -1.06. The molecule has 3 rings (SSSR count). The lowest BCUT2D eigenvalue weighted by Gasteiger charge is -2.23. The molecule has 28 heavy (non-hydrogen) atoms. The van der Waals surface area contributed by atoms with E-state index in [1.54, 1.807) is 12.1 Å². The topological polar surface area (TPSA) is 43.8 Å². The molecule has 1 N–H and O–H groups in total. The number of aromatic carboxylic acids is 1. The van der Waals surface area contributed by atoms with Crippen molar-refractivity contribution in [2.45, 2.75) is 5.92 Å². The number of carboxylic acid groups (broad SMARTS) is 1. The van der Waals surface area contributed by atoms with E-state index in [2.05, 4.69) is 58.3 Å². The molecular formula is C24H26N2O2. The zero-order chi connectivity index (χ0) is 20.3. The molecule has 0 aliphatic rings. The molecule has 144 valence electrons. The van der Waals surface area contributed by atoms with Crippen LogP contribution in [0.3, 0.4) is 0 Å². The summed E-state index contributed by atoms with van der Waals surface area (Å²) in [6.07, 6.45) is 0. The number of anilines is 2. The van der Waals surface area contributed by atoms with E-state index in [9.17, 15) is 9.90 Å². The Morgan fingerprint density at radius 1 is 0.714 bits per heavy atom. The van der Waals surface area contributed by atoms with Crippen LogP contribution >= 0.6 is 0 Å². The van der Waals surface area contributed by atoms with Crippen molar-refractivity contribution in [1.29, 1.82) is 0 Å². The smallest absolute Gasteiger partial charge is 0.335 e. The summed E-state index contributed by atoms with van der Waals surface area (Å²) in [5.41, 5.74) is 5.48. The van der Waals surface area contributed by atoms with Crippen molar-refractivity contribution >= 4 is 17.3 Å². The van der Waals surface area contributed by atoms with Crippen molar-refractivity contribution in [1.82, 2.24) is 0 Å². The second-order valence-electron chi connectivity index (χ2n) is 7.30. The number of hydrogen-bond acceptors (Lipinski definition) is 3. The molecule has 0 aliphatic carbocycles. The van der Waals surface area contributed by atoms with Gasteiger partial charge in [0.1, 0.15) is 0 Å². The summed E-state index contributed by atoms with van der Waals surface area (Å²) in [4.78, 5) is 16.0. The van der Waals surface area contributed by atoms with E-state index >= 15 is 0 Å². The van der Waals surface area contributed by atoms with E-state index in [-0.39, 0.29) is 5.92 Å². The molecule has 0 radical (unpaired) electrons. The SMILES string of the molecule is CN(C)c1ccc(C(c2ccc(N(C)C)cc2)c2ccccc2C(=O)O)cc1. The van der Waals surface area contributed by atoms with Crippen LogP contribution in [-0.4, -0.2) is 39.3 Å². The summed E-state index contributed by atoms with van der Waals surface area (Å²) < 4.78 is 0. The molecule has 3 aromatic carbocycles. The number of hydrogen-bond donors (Lipinski definition) is 1. The van der Waals surface area contributed by atoms with E-state index in [1.807, 2.05) is 40.3 Å². The second kappa shape index (κ2) is 8.17. The molecule has 0 aromatic heterocycles. The first kappa shape index (κ1) is 19.5. The van der Waals surface area contributed by atoms with Crippen molar-refractivity contribution in [2.24, 2.45) is 0 Å². The fourth-order valence-electron chi connectivity index (χ4n) is 3.42. The van der Waals surface area contributed by atoms with Crippen molar-refractivity contribution in [2.75, 3.05) is 38.0 Å². The van der Waals surface area contributed by atoms with Gasteiger partial charge in [-0.25, -0.2) is 4.79 Å². The average molecular weight is 374 g/mol. The van der Waals surface area contributed by atoms with Gasteiger partial charge in [0.2, 0.25) is 0 Å². The lowest BCUT2D eigenvalue weighted by molar-refractivity contribution is 0.0695. The minimum atomic E-state index is -0.907. The van der Waals surface area contributed by atoms with Crippen LogP contribution in [0.25, 0.3) is 0 Å². The molecular weight excluding hydrogens is 348 g/mol. The first-order valence-corrected chi connectivity index (χ1v) is 9.25. The molecule has 0 amide bonds. The highest BCUT2D eigenvalue weighted by Crippen LogP contribution is 2.35. The van der Waals surface area contributed by atoms with Crippen molar-refractivity contribution in [3.63, 3.8) is 0 Å². The van der Waals surface area contributed by atoms with Crippen molar-refractivity contribution in [3.05, 3.63) is 95.1 Å². The Balaban J connectivity index is 2.15. The van der Waals surface area contributed by atoms with Gasteiger partial charge in [-0.05, 0) is 47.0 Å². The van der Waals surface area contributed by atoms with Gasteiger partial charge in [0, 0.05) is 45.5 Å². The molecule has 0 aliphatic heterocycles. The van der Waals surface area contributed by atoms with Gasteiger partial charge in [-0.15, -0.1) is 0 Å². The second-order valence-corrected chi connectivity index (χ2v) is 7.30. The third-order valence-corrected chi connectivity index (χ3v) is 4.99. The largest absolute Gasteiger partial charge is 0.478 e. The highest BCUT2D eigenvalue weighted by molar-refractivity contribution is 5.90. The van der Waals surface area contributed by atoms with Crippen LogP contribution in [0.4, 0.5) is 11.4 Å². The first-order valence-electron chi connectivity index (χ1n) is 9.25. The lowest BCUT2D eigenvalue weighted by Crippen LogP contribution is -2.12. The highest BCUT2D eigenvalue weighted by atomic mass is 16.4. The Morgan fingerprint density at radius 3 is 1.54 bits per heavy atom. The minimum absolute atomic E-state index is 0.153. The molecule has 3 aromatic rings. The average Bonchev–Trinajstić information content (AvgIpc) is 2.69. The van der Waals surface area contributed by atoms with Gasteiger partial charge in [0.15, 0.2) is 0 Å². The lowest BCUT2D eigenvalue weighted by atomic mass is 9.82. The normalized spacial score (nSPS) is 10.8.